The zero-order valence-corrected chi connectivity index (χ0v) is 17.5. The van der Waals surface area contributed by atoms with Gasteiger partial charge in [-0.3, -0.25) is 4.79 Å². The molecule has 0 amide bonds. The van der Waals surface area contributed by atoms with Gasteiger partial charge in [-0.15, -0.1) is 22.0 Å². The Morgan fingerprint density at radius 3 is 2.28 bits per heavy atom. The number of rotatable bonds is 10. The Morgan fingerprint density at radius 1 is 0.897 bits per heavy atom. The Balaban J connectivity index is 1.64. The molecule has 0 aliphatic rings. The number of hydrogen-bond acceptors (Lipinski definition) is 5. The van der Waals surface area contributed by atoms with Crippen LogP contribution in [0.25, 0.3) is 22.4 Å². The Kier molecular flexibility index (Phi) is 8.25. The lowest BCUT2D eigenvalue weighted by Crippen LogP contribution is -2.03. The van der Waals surface area contributed by atoms with E-state index in [9.17, 15) is 4.79 Å². The molecule has 0 radical (unpaired) electrons. The zero-order valence-electron chi connectivity index (χ0n) is 16.7. The normalized spacial score (nSPS) is 10.7. The van der Waals surface area contributed by atoms with E-state index in [4.69, 9.17) is 4.74 Å². The van der Waals surface area contributed by atoms with Gasteiger partial charge in [0.05, 0.1) is 6.61 Å². The van der Waals surface area contributed by atoms with Gasteiger partial charge >= 0.3 is 5.97 Å². The van der Waals surface area contributed by atoms with Crippen LogP contribution in [0.1, 0.15) is 32.6 Å². The van der Waals surface area contributed by atoms with Gasteiger partial charge in [-0.05, 0) is 37.1 Å². The average molecular weight is 407 g/mol. The van der Waals surface area contributed by atoms with Crippen molar-refractivity contribution in [3.8, 4) is 22.4 Å². The molecule has 2 aromatic carbocycles. The topological polar surface area (TPSA) is 52.1 Å². The lowest BCUT2D eigenvalue weighted by Gasteiger charge is -2.10. The van der Waals surface area contributed by atoms with E-state index in [1.165, 1.54) is 0 Å². The molecule has 0 saturated heterocycles. The van der Waals surface area contributed by atoms with Crippen molar-refractivity contribution >= 4 is 17.7 Å². The van der Waals surface area contributed by atoms with Crippen LogP contribution >= 0.6 is 11.8 Å². The fourth-order valence-electron chi connectivity index (χ4n) is 3.05. The van der Waals surface area contributed by atoms with E-state index in [-0.39, 0.29) is 5.97 Å². The molecule has 3 rings (SSSR count). The molecular formula is C24H26N2O2S. The molecule has 0 N–H and O–H groups in total. The molecule has 0 saturated carbocycles. The number of nitrogens with zero attached hydrogens (tertiary/aromatic N) is 2. The summed E-state index contributed by atoms with van der Waals surface area (Å²) in [5, 5.41) is 9.93. The van der Waals surface area contributed by atoms with Gasteiger partial charge in [0, 0.05) is 17.5 Å². The van der Waals surface area contributed by atoms with E-state index in [1.54, 1.807) is 11.8 Å². The summed E-state index contributed by atoms with van der Waals surface area (Å²) in [4.78, 5) is 11.4. The van der Waals surface area contributed by atoms with Crippen LogP contribution in [0.3, 0.4) is 0 Å². The number of hydrogen-bond donors (Lipinski definition) is 0. The van der Waals surface area contributed by atoms with Gasteiger partial charge in [0.2, 0.25) is 0 Å². The standard InChI is InChI=1S/C24H26N2O2S/c1-2-28-23(27)16-10-5-11-17-29-22-18-21(19-12-6-3-7-13-19)24(26-25-22)20-14-8-4-9-15-20/h3-4,6-9,12-15,18H,2,5,10-11,16-17H2,1H3. The van der Waals surface area contributed by atoms with Crippen LogP contribution in [0.15, 0.2) is 71.8 Å². The monoisotopic (exact) mass is 406 g/mol. The minimum atomic E-state index is -0.102. The predicted octanol–water partition coefficient (Wildman–Crippen LogP) is 6.03. The molecular weight excluding hydrogens is 380 g/mol. The number of unbranched alkanes of at least 4 members (excludes halogenated alkanes) is 2. The first-order chi connectivity index (χ1) is 14.3. The molecule has 1 aromatic heterocycles. The maximum absolute atomic E-state index is 11.4. The van der Waals surface area contributed by atoms with Crippen LogP contribution in [0.2, 0.25) is 0 Å². The Morgan fingerprint density at radius 2 is 1.59 bits per heavy atom. The number of benzene rings is 2. The van der Waals surface area contributed by atoms with Crippen molar-refractivity contribution in [2.45, 2.75) is 37.6 Å². The van der Waals surface area contributed by atoms with E-state index < -0.39 is 0 Å². The molecule has 0 spiro atoms. The van der Waals surface area contributed by atoms with Gasteiger partial charge in [0.15, 0.2) is 0 Å². The smallest absolute Gasteiger partial charge is 0.305 e. The van der Waals surface area contributed by atoms with Crippen LogP contribution in [0, 0.1) is 0 Å². The molecule has 3 aromatic rings. The molecule has 0 fully saturated rings. The molecule has 0 atom stereocenters. The van der Waals surface area contributed by atoms with Gasteiger partial charge in [-0.1, -0.05) is 67.1 Å². The summed E-state index contributed by atoms with van der Waals surface area (Å²) >= 11 is 1.71. The minimum Gasteiger partial charge on any atom is -0.466 e. The van der Waals surface area contributed by atoms with E-state index in [2.05, 4.69) is 40.5 Å². The van der Waals surface area contributed by atoms with Crippen LogP contribution < -0.4 is 0 Å². The SMILES string of the molecule is CCOC(=O)CCCCCSc1cc(-c2ccccc2)c(-c2ccccc2)nn1. The quantitative estimate of drug-likeness (QED) is 0.234. The van der Waals surface area contributed by atoms with Crippen LogP contribution in [-0.2, 0) is 9.53 Å². The molecule has 4 nitrogen and oxygen atoms in total. The average Bonchev–Trinajstić information content (AvgIpc) is 2.77. The van der Waals surface area contributed by atoms with Crippen molar-refractivity contribution in [3.63, 3.8) is 0 Å². The summed E-state index contributed by atoms with van der Waals surface area (Å²) < 4.78 is 4.96. The highest BCUT2D eigenvalue weighted by Crippen LogP contribution is 2.32. The van der Waals surface area contributed by atoms with E-state index >= 15 is 0 Å². The first kappa shape index (κ1) is 21.1. The minimum absolute atomic E-state index is 0.102. The number of carbonyl (C=O) groups excluding carboxylic acids is 1. The summed E-state index contributed by atoms with van der Waals surface area (Å²) in [6, 6.07) is 22.6. The second-order valence-corrected chi connectivity index (χ2v) is 7.76. The van der Waals surface area contributed by atoms with Gasteiger partial charge in [-0.25, -0.2) is 0 Å². The van der Waals surface area contributed by atoms with Gasteiger partial charge in [-0.2, -0.15) is 0 Å². The molecule has 0 aliphatic carbocycles. The Labute approximate surface area is 176 Å². The fourth-order valence-corrected chi connectivity index (χ4v) is 3.91. The number of carbonyl (C=O) groups is 1. The van der Waals surface area contributed by atoms with Crippen LogP contribution in [0.4, 0.5) is 0 Å². The third-order valence-corrected chi connectivity index (χ3v) is 5.47. The molecule has 5 heteroatoms. The zero-order chi connectivity index (χ0) is 20.3. The predicted molar refractivity (Wildman–Crippen MR) is 119 cm³/mol. The highest BCUT2D eigenvalue weighted by Gasteiger charge is 2.12. The van der Waals surface area contributed by atoms with Crippen molar-refractivity contribution in [3.05, 3.63) is 66.7 Å². The summed E-state index contributed by atoms with van der Waals surface area (Å²) in [7, 11) is 0. The molecule has 29 heavy (non-hydrogen) atoms. The summed E-state index contributed by atoms with van der Waals surface area (Å²) in [6.07, 6.45) is 3.41. The largest absolute Gasteiger partial charge is 0.466 e. The highest BCUT2D eigenvalue weighted by atomic mass is 32.2. The first-order valence-electron chi connectivity index (χ1n) is 10.0. The first-order valence-corrected chi connectivity index (χ1v) is 11.0. The molecule has 150 valence electrons. The van der Waals surface area contributed by atoms with Crippen molar-refractivity contribution in [2.24, 2.45) is 0 Å². The van der Waals surface area contributed by atoms with Crippen molar-refractivity contribution in [1.29, 1.82) is 0 Å². The molecule has 0 unspecified atom stereocenters. The number of esters is 1. The summed E-state index contributed by atoms with van der Waals surface area (Å²) in [5.74, 6) is 0.853. The van der Waals surface area contributed by atoms with Crippen LogP contribution in [-0.4, -0.2) is 28.5 Å². The number of ether oxygens (including phenoxy) is 1. The lowest BCUT2D eigenvalue weighted by atomic mass is 10.0. The third kappa shape index (κ3) is 6.43. The summed E-state index contributed by atoms with van der Waals surface area (Å²) in [5.41, 5.74) is 4.19. The Bertz CT molecular complexity index is 901. The maximum Gasteiger partial charge on any atom is 0.305 e. The molecule has 0 bridgehead atoms. The number of aromatic nitrogens is 2. The lowest BCUT2D eigenvalue weighted by molar-refractivity contribution is -0.143. The van der Waals surface area contributed by atoms with E-state index in [0.29, 0.717) is 13.0 Å². The van der Waals surface area contributed by atoms with E-state index in [0.717, 1.165) is 52.4 Å². The van der Waals surface area contributed by atoms with Crippen molar-refractivity contribution in [2.75, 3.05) is 12.4 Å². The highest BCUT2D eigenvalue weighted by molar-refractivity contribution is 7.99. The molecule has 1 heterocycles. The molecule has 0 aliphatic heterocycles. The second-order valence-electron chi connectivity index (χ2n) is 6.64. The Hall–Kier alpha value is -2.66. The van der Waals surface area contributed by atoms with Gasteiger partial charge < -0.3 is 4.74 Å². The maximum atomic E-state index is 11.4. The van der Waals surface area contributed by atoms with Gasteiger partial charge in [0.25, 0.3) is 0 Å². The summed E-state index contributed by atoms with van der Waals surface area (Å²) in [6.45, 7) is 2.29. The van der Waals surface area contributed by atoms with Crippen molar-refractivity contribution in [1.82, 2.24) is 10.2 Å². The fraction of sp³-hybridized carbons (Fsp3) is 0.292. The third-order valence-electron chi connectivity index (χ3n) is 4.48. The van der Waals surface area contributed by atoms with Crippen molar-refractivity contribution < 1.29 is 9.53 Å². The van der Waals surface area contributed by atoms with Crippen LogP contribution in [0.5, 0.6) is 0 Å². The van der Waals surface area contributed by atoms with E-state index in [1.807, 2.05) is 43.3 Å². The second kappa shape index (κ2) is 11.4. The van der Waals surface area contributed by atoms with Gasteiger partial charge in [0.1, 0.15) is 10.7 Å². The number of thioether (sulfide) groups is 1.